The number of hydrogen-bond donors (Lipinski definition) is 1. The third-order valence-corrected chi connectivity index (χ3v) is 2.32. The van der Waals surface area contributed by atoms with Gasteiger partial charge in [-0.3, -0.25) is 4.79 Å². The van der Waals surface area contributed by atoms with Crippen molar-refractivity contribution in [1.82, 2.24) is 0 Å². The molecule has 0 atom stereocenters. The van der Waals surface area contributed by atoms with Gasteiger partial charge in [0.1, 0.15) is 0 Å². The predicted octanol–water partition coefficient (Wildman–Crippen LogP) is 0.660. The van der Waals surface area contributed by atoms with Gasteiger partial charge >= 0.3 is 11.9 Å². The molecule has 72 valence electrons. The standard InChI is InChI=1S/C10H9NO3/c12-9(10(13)14)11-6-5-7-3-1-2-4-8(7)11/h1-4H,5-6H2,(H,13,14). The molecule has 0 fully saturated rings. The molecule has 1 heterocycles. The van der Waals surface area contributed by atoms with Crippen LogP contribution < -0.4 is 4.90 Å². The maximum absolute atomic E-state index is 11.2. The van der Waals surface area contributed by atoms with Crippen LogP contribution in [-0.2, 0) is 16.0 Å². The van der Waals surface area contributed by atoms with Gasteiger partial charge in [-0.2, -0.15) is 0 Å². The van der Waals surface area contributed by atoms with Gasteiger partial charge in [-0.1, -0.05) is 18.2 Å². The molecule has 1 aromatic rings. The van der Waals surface area contributed by atoms with Crippen molar-refractivity contribution in [2.45, 2.75) is 6.42 Å². The highest BCUT2D eigenvalue weighted by Crippen LogP contribution is 2.27. The molecule has 2 rings (SSSR count). The number of carbonyl (C=O) groups is 2. The Morgan fingerprint density at radius 3 is 2.71 bits per heavy atom. The van der Waals surface area contributed by atoms with Gasteiger partial charge < -0.3 is 10.0 Å². The Balaban J connectivity index is 2.35. The SMILES string of the molecule is O=C(O)C(=O)N1CCc2ccccc21. The molecule has 1 N–H and O–H groups in total. The number of fused-ring (bicyclic) bond motifs is 1. The highest BCUT2D eigenvalue weighted by atomic mass is 16.4. The number of carboxylic acid groups (broad SMARTS) is 1. The summed E-state index contributed by atoms with van der Waals surface area (Å²) in [5.41, 5.74) is 1.75. The van der Waals surface area contributed by atoms with Gasteiger partial charge in [0.25, 0.3) is 0 Å². The summed E-state index contributed by atoms with van der Waals surface area (Å²) in [7, 11) is 0. The third-order valence-electron chi connectivity index (χ3n) is 2.32. The van der Waals surface area contributed by atoms with E-state index in [1.165, 1.54) is 4.90 Å². The quantitative estimate of drug-likeness (QED) is 0.613. The molecule has 14 heavy (non-hydrogen) atoms. The molecule has 0 saturated heterocycles. The zero-order chi connectivity index (χ0) is 10.1. The molecule has 0 saturated carbocycles. The van der Waals surface area contributed by atoms with Crippen LogP contribution >= 0.6 is 0 Å². The Labute approximate surface area is 80.8 Å². The summed E-state index contributed by atoms with van der Waals surface area (Å²) in [5.74, 6) is -2.25. The number of carboxylic acids is 1. The lowest BCUT2D eigenvalue weighted by molar-refractivity contribution is -0.148. The minimum absolute atomic E-state index is 0.463. The first-order valence-electron chi connectivity index (χ1n) is 4.33. The predicted molar refractivity (Wildman–Crippen MR) is 50.1 cm³/mol. The first-order valence-corrected chi connectivity index (χ1v) is 4.33. The van der Waals surface area contributed by atoms with Crippen LogP contribution in [0.3, 0.4) is 0 Å². The number of rotatable bonds is 0. The van der Waals surface area contributed by atoms with Crippen molar-refractivity contribution < 1.29 is 14.7 Å². The fraction of sp³-hybridized carbons (Fsp3) is 0.200. The number of hydrogen-bond acceptors (Lipinski definition) is 2. The molecular weight excluding hydrogens is 182 g/mol. The van der Waals surface area contributed by atoms with Crippen molar-refractivity contribution in [1.29, 1.82) is 0 Å². The van der Waals surface area contributed by atoms with Crippen molar-refractivity contribution in [2.24, 2.45) is 0 Å². The van der Waals surface area contributed by atoms with Crippen LogP contribution in [0.5, 0.6) is 0 Å². The maximum Gasteiger partial charge on any atom is 0.394 e. The molecule has 1 aromatic carbocycles. The van der Waals surface area contributed by atoms with Crippen LogP contribution in [0.2, 0.25) is 0 Å². The van der Waals surface area contributed by atoms with Crippen LogP contribution in [0.25, 0.3) is 0 Å². The number of carbonyl (C=O) groups excluding carboxylic acids is 1. The largest absolute Gasteiger partial charge is 0.474 e. The Hall–Kier alpha value is -1.84. The van der Waals surface area contributed by atoms with E-state index in [-0.39, 0.29) is 0 Å². The minimum Gasteiger partial charge on any atom is -0.474 e. The highest BCUT2D eigenvalue weighted by Gasteiger charge is 2.28. The van der Waals surface area contributed by atoms with Gasteiger partial charge in [-0.25, -0.2) is 4.79 Å². The molecule has 0 aliphatic carbocycles. The summed E-state index contributed by atoms with van der Waals surface area (Å²) in [4.78, 5) is 23.0. The number of anilines is 1. The van der Waals surface area contributed by atoms with Gasteiger partial charge in [0, 0.05) is 12.2 Å². The topological polar surface area (TPSA) is 57.6 Å². The van der Waals surface area contributed by atoms with Crippen molar-refractivity contribution in [2.75, 3.05) is 11.4 Å². The fourth-order valence-electron chi connectivity index (χ4n) is 1.66. The summed E-state index contributed by atoms with van der Waals surface area (Å²) < 4.78 is 0. The first kappa shape index (κ1) is 8.74. The van der Waals surface area contributed by atoms with Crippen molar-refractivity contribution in [3.63, 3.8) is 0 Å². The first-order chi connectivity index (χ1) is 6.70. The summed E-state index contributed by atoms with van der Waals surface area (Å²) in [5, 5.41) is 8.58. The van der Waals surface area contributed by atoms with Crippen LogP contribution in [0.4, 0.5) is 5.69 Å². The molecule has 1 amide bonds. The van der Waals surface area contributed by atoms with E-state index in [0.29, 0.717) is 6.54 Å². The average molecular weight is 191 g/mol. The Morgan fingerprint density at radius 1 is 1.29 bits per heavy atom. The average Bonchev–Trinajstić information content (AvgIpc) is 2.60. The molecule has 0 unspecified atom stereocenters. The zero-order valence-electron chi connectivity index (χ0n) is 7.43. The monoisotopic (exact) mass is 191 g/mol. The molecule has 1 aliphatic rings. The smallest absolute Gasteiger partial charge is 0.394 e. The van der Waals surface area contributed by atoms with Crippen molar-refractivity contribution in [3.8, 4) is 0 Å². The second-order valence-electron chi connectivity index (χ2n) is 3.14. The van der Waals surface area contributed by atoms with E-state index in [1.807, 2.05) is 12.1 Å². The van der Waals surface area contributed by atoms with Crippen molar-refractivity contribution in [3.05, 3.63) is 29.8 Å². The number of benzene rings is 1. The molecule has 0 aromatic heterocycles. The van der Waals surface area contributed by atoms with E-state index in [2.05, 4.69) is 0 Å². The third kappa shape index (κ3) is 1.25. The summed E-state index contributed by atoms with van der Waals surface area (Å²) >= 11 is 0. The van der Waals surface area contributed by atoms with Gasteiger partial charge in [-0.15, -0.1) is 0 Å². The van der Waals surface area contributed by atoms with Crippen LogP contribution in [-0.4, -0.2) is 23.5 Å². The van der Waals surface area contributed by atoms with Crippen molar-refractivity contribution >= 4 is 17.6 Å². The lowest BCUT2D eigenvalue weighted by atomic mass is 10.2. The van der Waals surface area contributed by atoms with Crippen LogP contribution in [0.15, 0.2) is 24.3 Å². The van der Waals surface area contributed by atoms with E-state index in [4.69, 9.17) is 5.11 Å². The second-order valence-corrected chi connectivity index (χ2v) is 3.14. The molecular formula is C10H9NO3. The summed E-state index contributed by atoms with van der Waals surface area (Å²) in [6.45, 7) is 0.463. The molecule has 0 radical (unpaired) electrons. The molecule has 0 spiro atoms. The lowest BCUT2D eigenvalue weighted by Crippen LogP contribution is -2.34. The summed E-state index contributed by atoms with van der Waals surface area (Å²) in [6, 6.07) is 7.35. The molecule has 4 nitrogen and oxygen atoms in total. The van der Waals surface area contributed by atoms with Gasteiger partial charge in [0.05, 0.1) is 0 Å². The number of nitrogens with zero attached hydrogens (tertiary/aromatic N) is 1. The van der Waals surface area contributed by atoms with Gasteiger partial charge in [-0.05, 0) is 18.1 Å². The Morgan fingerprint density at radius 2 is 2.00 bits per heavy atom. The lowest BCUT2D eigenvalue weighted by Gasteiger charge is -2.13. The number of para-hydroxylation sites is 1. The van der Waals surface area contributed by atoms with E-state index in [0.717, 1.165) is 17.7 Å². The summed E-state index contributed by atoms with van der Waals surface area (Å²) in [6.07, 6.45) is 0.731. The normalized spacial score (nSPS) is 13.9. The minimum atomic E-state index is -1.40. The number of aliphatic carboxylic acids is 1. The molecule has 4 heteroatoms. The van der Waals surface area contributed by atoms with Gasteiger partial charge in [0.2, 0.25) is 0 Å². The number of amides is 1. The second kappa shape index (κ2) is 3.14. The Bertz CT molecular complexity index is 400. The van der Waals surface area contributed by atoms with E-state index in [1.54, 1.807) is 12.1 Å². The fourth-order valence-corrected chi connectivity index (χ4v) is 1.66. The van der Waals surface area contributed by atoms with Gasteiger partial charge in [0.15, 0.2) is 0 Å². The van der Waals surface area contributed by atoms with Crippen LogP contribution in [0, 0.1) is 0 Å². The Kier molecular flexibility index (Phi) is 1.96. The van der Waals surface area contributed by atoms with Crippen LogP contribution in [0.1, 0.15) is 5.56 Å². The molecule has 1 aliphatic heterocycles. The van der Waals surface area contributed by atoms with E-state index >= 15 is 0 Å². The molecule has 0 bridgehead atoms. The van der Waals surface area contributed by atoms with E-state index in [9.17, 15) is 9.59 Å². The highest BCUT2D eigenvalue weighted by molar-refractivity contribution is 6.37. The maximum atomic E-state index is 11.2. The van der Waals surface area contributed by atoms with E-state index < -0.39 is 11.9 Å². The zero-order valence-corrected chi connectivity index (χ0v) is 7.43.